The molecule has 2 aliphatic rings. The highest BCUT2D eigenvalue weighted by molar-refractivity contribution is 5.81. The van der Waals surface area contributed by atoms with Crippen LogP contribution in [0.4, 0.5) is 0 Å². The molecule has 0 aromatic rings. The van der Waals surface area contributed by atoms with E-state index in [1.165, 1.54) is 0 Å². The molecule has 0 radical (unpaired) electrons. The minimum atomic E-state index is -0.280. The Kier molecular flexibility index (Phi) is 3.46. The summed E-state index contributed by atoms with van der Waals surface area (Å²) in [6.07, 6.45) is 1.90. The van der Waals surface area contributed by atoms with E-state index in [4.69, 9.17) is 0 Å². The summed E-state index contributed by atoms with van der Waals surface area (Å²) in [5.41, 5.74) is -0.280. The van der Waals surface area contributed by atoms with E-state index < -0.39 is 0 Å². The molecule has 1 saturated carbocycles. The van der Waals surface area contributed by atoms with Gasteiger partial charge in [-0.05, 0) is 12.8 Å². The second-order valence-electron chi connectivity index (χ2n) is 6.29. The van der Waals surface area contributed by atoms with E-state index in [9.17, 15) is 9.90 Å². The van der Waals surface area contributed by atoms with Gasteiger partial charge < -0.3 is 10.0 Å². The van der Waals surface area contributed by atoms with Crippen LogP contribution in [0.25, 0.3) is 0 Å². The quantitative estimate of drug-likeness (QED) is 0.734. The maximum atomic E-state index is 12.1. The molecule has 1 aliphatic carbocycles. The van der Waals surface area contributed by atoms with Crippen LogP contribution in [0.5, 0.6) is 0 Å². The van der Waals surface area contributed by atoms with E-state index in [1.54, 1.807) is 0 Å². The number of hydrogen-bond acceptors (Lipinski definition) is 3. The third kappa shape index (κ3) is 2.63. The molecule has 2 atom stereocenters. The van der Waals surface area contributed by atoms with Crippen molar-refractivity contribution in [2.45, 2.75) is 45.8 Å². The number of carbonyl (C=O) groups excluding carboxylic acids is 1. The summed E-state index contributed by atoms with van der Waals surface area (Å²) in [5, 5.41) is 9.64. The lowest BCUT2D eigenvalue weighted by atomic mass is 9.87. The zero-order chi connectivity index (χ0) is 12.6. The Morgan fingerprint density at radius 2 is 1.71 bits per heavy atom. The van der Waals surface area contributed by atoms with Gasteiger partial charge in [0.1, 0.15) is 0 Å². The lowest BCUT2D eigenvalue weighted by molar-refractivity contribution is -0.142. The zero-order valence-corrected chi connectivity index (χ0v) is 11.1. The summed E-state index contributed by atoms with van der Waals surface area (Å²) >= 11 is 0. The predicted octanol–water partition coefficient (Wildman–Crippen LogP) is 0.700. The zero-order valence-electron chi connectivity index (χ0n) is 11.1. The largest absolute Gasteiger partial charge is 0.391 e. The first-order chi connectivity index (χ1) is 7.89. The predicted molar refractivity (Wildman–Crippen MR) is 66.6 cm³/mol. The van der Waals surface area contributed by atoms with Gasteiger partial charge in [-0.15, -0.1) is 0 Å². The molecular weight excluding hydrogens is 216 g/mol. The average molecular weight is 240 g/mol. The van der Waals surface area contributed by atoms with Gasteiger partial charge in [0.05, 0.1) is 6.10 Å². The number of amides is 1. The Morgan fingerprint density at radius 3 is 2.06 bits per heavy atom. The van der Waals surface area contributed by atoms with Gasteiger partial charge in [0, 0.05) is 37.6 Å². The van der Waals surface area contributed by atoms with Crippen molar-refractivity contribution in [3.05, 3.63) is 0 Å². The second-order valence-corrected chi connectivity index (χ2v) is 6.29. The molecule has 2 fully saturated rings. The van der Waals surface area contributed by atoms with Gasteiger partial charge in [0.2, 0.25) is 5.91 Å². The maximum Gasteiger partial charge on any atom is 0.228 e. The fourth-order valence-corrected chi connectivity index (χ4v) is 2.62. The molecule has 1 heterocycles. The highest BCUT2D eigenvalue weighted by Crippen LogP contribution is 2.27. The summed E-state index contributed by atoms with van der Waals surface area (Å²) in [6.45, 7) is 9.33. The van der Waals surface area contributed by atoms with Crippen LogP contribution in [0.3, 0.4) is 0 Å². The normalized spacial score (nSPS) is 31.2. The lowest BCUT2D eigenvalue weighted by Crippen LogP contribution is -2.59. The molecule has 2 unspecified atom stereocenters. The van der Waals surface area contributed by atoms with E-state index in [0.717, 1.165) is 39.0 Å². The molecule has 0 bridgehead atoms. The number of hydrogen-bond donors (Lipinski definition) is 1. The number of nitrogens with zero attached hydrogens (tertiary/aromatic N) is 2. The monoisotopic (exact) mass is 240 g/mol. The van der Waals surface area contributed by atoms with Crippen LogP contribution in [0, 0.1) is 5.41 Å². The molecule has 1 N–H and O–H groups in total. The van der Waals surface area contributed by atoms with Gasteiger partial charge in [-0.3, -0.25) is 9.69 Å². The van der Waals surface area contributed by atoms with Crippen LogP contribution in [0.1, 0.15) is 33.6 Å². The van der Waals surface area contributed by atoms with E-state index in [1.807, 2.05) is 25.7 Å². The minimum Gasteiger partial charge on any atom is -0.391 e. The first-order valence-corrected chi connectivity index (χ1v) is 6.61. The van der Waals surface area contributed by atoms with Crippen LogP contribution < -0.4 is 0 Å². The molecular formula is C13H24N2O2. The number of aliphatic hydroxyl groups excluding tert-OH is 1. The van der Waals surface area contributed by atoms with E-state index >= 15 is 0 Å². The summed E-state index contributed by atoms with van der Waals surface area (Å²) in [7, 11) is 0. The third-order valence-corrected chi connectivity index (χ3v) is 3.91. The van der Waals surface area contributed by atoms with Crippen molar-refractivity contribution in [2.75, 3.05) is 26.2 Å². The summed E-state index contributed by atoms with van der Waals surface area (Å²) in [5.74, 6) is 0.242. The molecule has 1 aliphatic heterocycles. The molecule has 4 nitrogen and oxygen atoms in total. The fourth-order valence-electron chi connectivity index (χ4n) is 2.62. The highest BCUT2D eigenvalue weighted by atomic mass is 16.3. The van der Waals surface area contributed by atoms with Crippen molar-refractivity contribution in [1.29, 1.82) is 0 Å². The Morgan fingerprint density at radius 1 is 1.12 bits per heavy atom. The van der Waals surface area contributed by atoms with Crippen molar-refractivity contribution in [3.63, 3.8) is 0 Å². The summed E-state index contributed by atoms with van der Waals surface area (Å²) < 4.78 is 0. The van der Waals surface area contributed by atoms with Gasteiger partial charge in [-0.25, -0.2) is 0 Å². The molecule has 0 aromatic carbocycles. The highest BCUT2D eigenvalue weighted by Gasteiger charge is 2.37. The van der Waals surface area contributed by atoms with Crippen LogP contribution >= 0.6 is 0 Å². The van der Waals surface area contributed by atoms with Gasteiger partial charge >= 0.3 is 0 Å². The van der Waals surface area contributed by atoms with Gasteiger partial charge in [-0.1, -0.05) is 20.8 Å². The lowest BCUT2D eigenvalue weighted by Gasteiger charge is -2.46. The van der Waals surface area contributed by atoms with Gasteiger partial charge in [0.25, 0.3) is 0 Å². The van der Waals surface area contributed by atoms with Gasteiger partial charge in [0.15, 0.2) is 0 Å². The summed E-state index contributed by atoms with van der Waals surface area (Å²) in [4.78, 5) is 16.4. The summed E-state index contributed by atoms with van der Waals surface area (Å²) in [6, 6.07) is 0.349. The number of rotatable bonds is 1. The molecule has 17 heavy (non-hydrogen) atoms. The van der Waals surface area contributed by atoms with Crippen molar-refractivity contribution in [1.82, 2.24) is 9.80 Å². The standard InChI is InChI=1S/C13H24N2O2/c1-13(2,3)12(17)15-8-6-14(7-9-15)10-4-5-11(10)16/h10-11,16H,4-9H2,1-3H3. The van der Waals surface area contributed by atoms with Crippen LogP contribution in [0.15, 0.2) is 0 Å². The Bertz CT molecular complexity index is 290. The molecule has 4 heteroatoms. The second kappa shape index (κ2) is 4.58. The SMILES string of the molecule is CC(C)(C)C(=O)N1CCN(C2CCC2O)CC1. The Hall–Kier alpha value is -0.610. The number of piperazine rings is 1. The van der Waals surface area contributed by atoms with E-state index in [0.29, 0.717) is 6.04 Å². The molecule has 1 saturated heterocycles. The van der Waals surface area contributed by atoms with Crippen molar-refractivity contribution in [2.24, 2.45) is 5.41 Å². The fraction of sp³-hybridized carbons (Fsp3) is 0.923. The van der Waals surface area contributed by atoms with Crippen LogP contribution in [-0.4, -0.2) is 59.1 Å². The smallest absolute Gasteiger partial charge is 0.228 e. The van der Waals surface area contributed by atoms with E-state index in [2.05, 4.69) is 4.90 Å². The minimum absolute atomic E-state index is 0.139. The van der Waals surface area contributed by atoms with Crippen molar-refractivity contribution < 1.29 is 9.90 Å². The molecule has 2 rings (SSSR count). The topological polar surface area (TPSA) is 43.8 Å². The molecule has 0 aromatic heterocycles. The van der Waals surface area contributed by atoms with Crippen molar-refractivity contribution in [3.8, 4) is 0 Å². The molecule has 0 spiro atoms. The number of carbonyl (C=O) groups is 1. The number of aliphatic hydroxyl groups is 1. The molecule has 1 amide bonds. The van der Waals surface area contributed by atoms with Crippen molar-refractivity contribution >= 4 is 5.91 Å². The first-order valence-electron chi connectivity index (χ1n) is 6.61. The first kappa shape index (κ1) is 12.8. The van der Waals surface area contributed by atoms with Gasteiger partial charge in [-0.2, -0.15) is 0 Å². The van der Waals surface area contributed by atoms with E-state index in [-0.39, 0.29) is 17.4 Å². The van der Waals surface area contributed by atoms with Crippen LogP contribution in [0.2, 0.25) is 0 Å². The maximum absolute atomic E-state index is 12.1. The van der Waals surface area contributed by atoms with Crippen LogP contribution in [-0.2, 0) is 4.79 Å². The third-order valence-electron chi connectivity index (χ3n) is 3.91. The Balaban J connectivity index is 1.84. The molecule has 98 valence electrons. The Labute approximate surface area is 104 Å². The average Bonchev–Trinajstić information content (AvgIpc) is 2.26.